The van der Waals surface area contributed by atoms with Crippen LogP contribution in [0.25, 0.3) is 0 Å². The predicted octanol–water partition coefficient (Wildman–Crippen LogP) is 2.56. The molecule has 22 heavy (non-hydrogen) atoms. The second-order valence-corrected chi connectivity index (χ2v) is 7.51. The average molecular weight is 308 g/mol. The van der Waals surface area contributed by atoms with Gasteiger partial charge in [0.2, 0.25) is 0 Å². The molecule has 1 aliphatic carbocycles. The Bertz CT molecular complexity index is 398. The van der Waals surface area contributed by atoms with Gasteiger partial charge in [-0.25, -0.2) is 0 Å². The molecule has 4 heteroatoms. The lowest BCUT2D eigenvalue weighted by molar-refractivity contribution is -0.129. The molecule has 0 bridgehead atoms. The van der Waals surface area contributed by atoms with E-state index in [1.165, 1.54) is 0 Å². The molecule has 0 aromatic rings. The molecule has 0 radical (unpaired) electrons. The van der Waals surface area contributed by atoms with Crippen molar-refractivity contribution < 1.29 is 9.59 Å². The Morgan fingerprint density at radius 3 is 2.55 bits per heavy atom. The highest BCUT2D eigenvalue weighted by molar-refractivity contribution is 5.87. The van der Waals surface area contributed by atoms with Gasteiger partial charge in [-0.15, -0.1) is 0 Å². The third kappa shape index (κ3) is 4.17. The lowest BCUT2D eigenvalue weighted by atomic mass is 9.82. The number of Topliss-reactive ketones (excluding diaryl/α,β-unsaturated/α-hetero) is 2. The van der Waals surface area contributed by atoms with Crippen LogP contribution in [0.15, 0.2) is 0 Å². The summed E-state index contributed by atoms with van der Waals surface area (Å²) in [4.78, 5) is 26.6. The first-order valence-electron chi connectivity index (χ1n) is 8.97. The Morgan fingerprint density at radius 1 is 1.32 bits per heavy atom. The van der Waals surface area contributed by atoms with Crippen LogP contribution >= 0.6 is 0 Å². The highest BCUT2D eigenvalue weighted by Gasteiger charge is 2.41. The van der Waals surface area contributed by atoms with E-state index in [-0.39, 0.29) is 17.4 Å². The van der Waals surface area contributed by atoms with Crippen molar-refractivity contribution in [3.05, 3.63) is 0 Å². The van der Waals surface area contributed by atoms with Crippen molar-refractivity contribution in [3.8, 4) is 0 Å². The molecule has 1 saturated heterocycles. The van der Waals surface area contributed by atoms with E-state index in [1.807, 2.05) is 0 Å². The van der Waals surface area contributed by atoms with Gasteiger partial charge in [-0.2, -0.15) is 0 Å². The highest BCUT2D eigenvalue weighted by atomic mass is 16.1. The smallest absolute Gasteiger partial charge is 0.149 e. The van der Waals surface area contributed by atoms with Gasteiger partial charge in [-0.3, -0.25) is 14.5 Å². The van der Waals surface area contributed by atoms with Gasteiger partial charge in [-0.1, -0.05) is 20.3 Å². The Hall–Kier alpha value is -0.740. The van der Waals surface area contributed by atoms with E-state index >= 15 is 0 Å². The molecule has 2 fully saturated rings. The van der Waals surface area contributed by atoms with E-state index in [9.17, 15) is 9.59 Å². The summed E-state index contributed by atoms with van der Waals surface area (Å²) in [5.74, 6) is 1.32. The van der Waals surface area contributed by atoms with Crippen LogP contribution in [0.2, 0.25) is 0 Å². The summed E-state index contributed by atoms with van der Waals surface area (Å²) in [5, 5.41) is 3.54. The quantitative estimate of drug-likeness (QED) is 0.819. The maximum atomic E-state index is 12.2. The van der Waals surface area contributed by atoms with Crippen molar-refractivity contribution in [1.29, 1.82) is 0 Å². The van der Waals surface area contributed by atoms with Gasteiger partial charge >= 0.3 is 0 Å². The maximum Gasteiger partial charge on any atom is 0.149 e. The first kappa shape index (κ1) is 17.6. The Labute approximate surface area is 135 Å². The van der Waals surface area contributed by atoms with Gasteiger partial charge in [0.1, 0.15) is 11.6 Å². The average Bonchev–Trinajstić information content (AvgIpc) is 2.48. The molecule has 1 atom stereocenters. The number of hydrogen-bond acceptors (Lipinski definition) is 4. The van der Waals surface area contributed by atoms with E-state index in [0.717, 1.165) is 64.6 Å². The summed E-state index contributed by atoms with van der Waals surface area (Å²) < 4.78 is 0. The number of piperidine rings is 1. The number of likely N-dealkylation sites (tertiary alicyclic amines) is 1. The van der Waals surface area contributed by atoms with E-state index in [0.29, 0.717) is 11.7 Å². The van der Waals surface area contributed by atoms with E-state index in [1.54, 1.807) is 6.92 Å². The molecule has 126 valence electrons. The van der Waals surface area contributed by atoms with Gasteiger partial charge in [0.15, 0.2) is 0 Å². The van der Waals surface area contributed by atoms with Crippen LogP contribution in [-0.4, -0.2) is 47.7 Å². The van der Waals surface area contributed by atoms with Crippen LogP contribution in [0, 0.1) is 5.92 Å². The molecule has 1 heterocycles. The van der Waals surface area contributed by atoms with Gasteiger partial charge in [0.05, 0.1) is 11.6 Å². The fourth-order valence-corrected chi connectivity index (χ4v) is 3.82. The molecule has 1 saturated carbocycles. The molecule has 1 aliphatic heterocycles. The largest absolute Gasteiger partial charge is 0.305 e. The number of hydrogen-bond donors (Lipinski definition) is 1. The molecule has 1 unspecified atom stereocenters. The zero-order valence-corrected chi connectivity index (χ0v) is 14.5. The standard InChI is InChI=1S/C18H32N2O2/c1-14(2)8-11-19-18(15(3)21)9-12-20(13-10-18)16-6-4-5-7-17(16)22/h14,16,19H,4-13H2,1-3H3. The SMILES string of the molecule is CC(=O)C1(NCCC(C)C)CCN(C2CCCCC2=O)CC1. The van der Waals surface area contributed by atoms with Crippen LogP contribution in [0.1, 0.15) is 65.7 Å². The molecule has 2 rings (SSSR count). The molecule has 4 nitrogen and oxygen atoms in total. The van der Waals surface area contributed by atoms with Crippen LogP contribution < -0.4 is 5.32 Å². The lowest BCUT2D eigenvalue weighted by Crippen LogP contribution is -2.60. The summed E-state index contributed by atoms with van der Waals surface area (Å²) in [6, 6.07) is 0.120. The highest BCUT2D eigenvalue weighted by Crippen LogP contribution is 2.28. The number of nitrogens with one attached hydrogen (secondary N) is 1. The maximum absolute atomic E-state index is 12.2. The van der Waals surface area contributed by atoms with Crippen molar-refractivity contribution in [3.63, 3.8) is 0 Å². The third-order valence-corrected chi connectivity index (χ3v) is 5.47. The molecule has 0 amide bonds. The molecule has 1 N–H and O–H groups in total. The van der Waals surface area contributed by atoms with Gasteiger partial charge in [0, 0.05) is 19.5 Å². The molecule has 2 aliphatic rings. The van der Waals surface area contributed by atoms with E-state index < -0.39 is 0 Å². The van der Waals surface area contributed by atoms with E-state index in [4.69, 9.17) is 0 Å². The number of carbonyl (C=O) groups excluding carboxylic acids is 2. The topological polar surface area (TPSA) is 49.4 Å². The van der Waals surface area contributed by atoms with E-state index in [2.05, 4.69) is 24.1 Å². The van der Waals surface area contributed by atoms with Gasteiger partial charge in [-0.05, 0) is 51.5 Å². The second kappa shape index (κ2) is 7.69. The summed E-state index contributed by atoms with van der Waals surface area (Å²) >= 11 is 0. The first-order chi connectivity index (χ1) is 10.4. The molecule has 0 spiro atoms. The van der Waals surface area contributed by atoms with Crippen molar-refractivity contribution in [2.24, 2.45) is 5.92 Å². The third-order valence-electron chi connectivity index (χ3n) is 5.47. The number of nitrogens with zero attached hydrogens (tertiary/aromatic N) is 1. The van der Waals surface area contributed by atoms with Gasteiger partial charge in [0.25, 0.3) is 0 Å². The normalized spacial score (nSPS) is 26.4. The molecule has 0 aromatic carbocycles. The summed E-state index contributed by atoms with van der Waals surface area (Å²) in [6.07, 6.45) is 6.74. The zero-order chi connectivity index (χ0) is 16.2. The van der Waals surface area contributed by atoms with Crippen molar-refractivity contribution in [2.75, 3.05) is 19.6 Å². The van der Waals surface area contributed by atoms with Crippen LogP contribution in [-0.2, 0) is 9.59 Å². The molecular formula is C18H32N2O2. The minimum absolute atomic E-state index is 0.120. The zero-order valence-electron chi connectivity index (χ0n) is 14.5. The second-order valence-electron chi connectivity index (χ2n) is 7.51. The minimum Gasteiger partial charge on any atom is -0.305 e. The van der Waals surface area contributed by atoms with Crippen LogP contribution in [0.4, 0.5) is 0 Å². The summed E-state index contributed by atoms with van der Waals surface area (Å²) in [7, 11) is 0. The van der Waals surface area contributed by atoms with Crippen molar-refractivity contribution in [1.82, 2.24) is 10.2 Å². The Morgan fingerprint density at radius 2 is 2.00 bits per heavy atom. The van der Waals surface area contributed by atoms with Crippen molar-refractivity contribution >= 4 is 11.6 Å². The molecular weight excluding hydrogens is 276 g/mol. The van der Waals surface area contributed by atoms with Crippen LogP contribution in [0.3, 0.4) is 0 Å². The number of ketones is 2. The Balaban J connectivity index is 1.91. The first-order valence-corrected chi connectivity index (χ1v) is 8.97. The minimum atomic E-state index is -0.358. The predicted molar refractivity (Wildman–Crippen MR) is 88.9 cm³/mol. The number of carbonyl (C=O) groups is 2. The fraction of sp³-hybridized carbons (Fsp3) is 0.889. The fourth-order valence-electron chi connectivity index (χ4n) is 3.82. The van der Waals surface area contributed by atoms with Gasteiger partial charge < -0.3 is 5.32 Å². The molecule has 0 aromatic heterocycles. The monoisotopic (exact) mass is 308 g/mol. The summed E-state index contributed by atoms with van der Waals surface area (Å²) in [5.41, 5.74) is -0.358. The van der Waals surface area contributed by atoms with Crippen molar-refractivity contribution in [2.45, 2.75) is 77.3 Å². The Kier molecular flexibility index (Phi) is 6.16. The number of rotatable bonds is 6. The summed E-state index contributed by atoms with van der Waals surface area (Å²) in [6.45, 7) is 8.76. The lowest BCUT2D eigenvalue weighted by Gasteiger charge is -2.44. The van der Waals surface area contributed by atoms with Crippen LogP contribution in [0.5, 0.6) is 0 Å².